The molecule has 0 atom stereocenters. The number of rotatable bonds is 4. The number of carbonyl (C=O) groups excluding carboxylic acids is 1. The summed E-state index contributed by atoms with van der Waals surface area (Å²) in [7, 11) is 0. The Morgan fingerprint density at radius 2 is 1.68 bits per heavy atom. The Kier molecular flexibility index (Phi) is 5.65. The summed E-state index contributed by atoms with van der Waals surface area (Å²) in [6.45, 7) is 0.979. The Labute approximate surface area is 193 Å². The summed E-state index contributed by atoms with van der Waals surface area (Å²) in [6.07, 6.45) is 0.0668. The fraction of sp³-hybridized carbons (Fsp3) is 0.478. The summed E-state index contributed by atoms with van der Waals surface area (Å²) >= 11 is 0. The molecule has 0 spiro atoms. The Bertz CT molecular complexity index is 1180. The topological polar surface area (TPSA) is 75.4 Å². The van der Waals surface area contributed by atoms with Gasteiger partial charge in [0.15, 0.2) is 5.65 Å². The maximum absolute atomic E-state index is 13.4. The molecule has 1 aromatic carbocycles. The van der Waals surface area contributed by atoms with Crippen molar-refractivity contribution < 1.29 is 22.4 Å². The number of hydrogen-bond acceptors (Lipinski definition) is 5. The minimum absolute atomic E-state index is 0.0213. The predicted molar refractivity (Wildman–Crippen MR) is 115 cm³/mol. The molecule has 0 unspecified atom stereocenters. The van der Waals surface area contributed by atoms with E-state index in [4.69, 9.17) is 0 Å². The lowest BCUT2D eigenvalue weighted by Crippen LogP contribution is -2.48. The molecule has 1 aliphatic carbocycles. The second-order valence-corrected chi connectivity index (χ2v) is 9.03. The van der Waals surface area contributed by atoms with E-state index in [1.807, 2.05) is 4.90 Å². The molecule has 1 aliphatic heterocycles. The first kappa shape index (κ1) is 22.5. The van der Waals surface area contributed by atoms with E-state index in [-0.39, 0.29) is 23.3 Å². The minimum atomic E-state index is -4.66. The zero-order chi connectivity index (χ0) is 23.9. The van der Waals surface area contributed by atoms with Crippen LogP contribution in [0.1, 0.15) is 49.9 Å². The molecule has 0 radical (unpaired) electrons. The maximum Gasteiger partial charge on any atom is 0.453 e. The highest BCUT2D eigenvalue weighted by atomic mass is 19.4. The highest BCUT2D eigenvalue weighted by Crippen LogP contribution is 2.39. The summed E-state index contributed by atoms with van der Waals surface area (Å²) in [4.78, 5) is 15.0. The smallest absolute Gasteiger partial charge is 0.355 e. The molecule has 3 aromatic rings. The molecule has 1 N–H and O–H groups in total. The normalized spacial score (nSPS) is 19.0. The highest BCUT2D eigenvalue weighted by Gasteiger charge is 2.40. The van der Waals surface area contributed by atoms with Crippen molar-refractivity contribution in [2.75, 3.05) is 18.0 Å². The van der Waals surface area contributed by atoms with Crippen molar-refractivity contribution >= 4 is 17.4 Å². The van der Waals surface area contributed by atoms with Crippen molar-refractivity contribution in [3.8, 4) is 0 Å². The van der Waals surface area contributed by atoms with Gasteiger partial charge in [-0.2, -0.15) is 17.7 Å². The van der Waals surface area contributed by atoms with E-state index in [9.17, 15) is 22.4 Å². The summed E-state index contributed by atoms with van der Waals surface area (Å²) in [5.41, 5.74) is 0.466. The van der Waals surface area contributed by atoms with Crippen LogP contribution in [0.4, 0.5) is 23.4 Å². The molecular weight excluding hydrogens is 452 g/mol. The quantitative estimate of drug-likeness (QED) is 0.575. The summed E-state index contributed by atoms with van der Waals surface area (Å²) in [5.74, 6) is -1.33. The summed E-state index contributed by atoms with van der Waals surface area (Å²) in [6, 6.07) is 9.40. The van der Waals surface area contributed by atoms with Crippen LogP contribution >= 0.6 is 0 Å². The summed E-state index contributed by atoms with van der Waals surface area (Å²) < 4.78 is 53.6. The van der Waals surface area contributed by atoms with Gasteiger partial charge in [0.25, 0.3) is 5.82 Å². The van der Waals surface area contributed by atoms with Gasteiger partial charge in [-0.25, -0.2) is 4.39 Å². The fourth-order valence-corrected chi connectivity index (χ4v) is 5.07. The first-order chi connectivity index (χ1) is 16.2. The molecule has 2 aromatic heterocycles. The van der Waals surface area contributed by atoms with E-state index < -0.39 is 17.5 Å². The van der Waals surface area contributed by atoms with E-state index in [1.165, 1.54) is 18.2 Å². The zero-order valence-electron chi connectivity index (χ0n) is 18.4. The Morgan fingerprint density at radius 3 is 2.32 bits per heavy atom. The highest BCUT2D eigenvalue weighted by molar-refractivity contribution is 5.80. The number of piperidine rings is 1. The van der Waals surface area contributed by atoms with Crippen LogP contribution in [0.25, 0.3) is 5.65 Å². The number of fused-ring (bicyclic) bond motifs is 1. The van der Waals surface area contributed by atoms with Gasteiger partial charge in [-0.15, -0.1) is 15.3 Å². The number of halogens is 4. The molecule has 1 saturated carbocycles. The molecule has 7 nitrogen and oxygen atoms in total. The van der Waals surface area contributed by atoms with Crippen LogP contribution < -0.4 is 10.2 Å². The van der Waals surface area contributed by atoms with Crippen molar-refractivity contribution in [3.05, 3.63) is 53.6 Å². The molecule has 3 heterocycles. The van der Waals surface area contributed by atoms with Crippen molar-refractivity contribution in [2.24, 2.45) is 5.92 Å². The molecule has 2 aliphatic rings. The van der Waals surface area contributed by atoms with Crippen LogP contribution in [0.3, 0.4) is 0 Å². The van der Waals surface area contributed by atoms with Gasteiger partial charge in [0.1, 0.15) is 11.6 Å². The van der Waals surface area contributed by atoms with Crippen LogP contribution in [-0.2, 0) is 16.5 Å². The number of anilines is 1. The second kappa shape index (κ2) is 8.52. The van der Waals surface area contributed by atoms with Gasteiger partial charge < -0.3 is 10.2 Å². The predicted octanol–water partition coefficient (Wildman–Crippen LogP) is 4.08. The van der Waals surface area contributed by atoms with Crippen molar-refractivity contribution in [2.45, 2.75) is 50.2 Å². The molecule has 1 amide bonds. The number of alkyl halides is 3. The molecule has 1 saturated heterocycles. The number of amides is 1. The number of nitrogens with one attached hydrogen (secondary N) is 1. The third-order valence-electron chi connectivity index (χ3n) is 6.91. The van der Waals surface area contributed by atoms with Gasteiger partial charge in [-0.05, 0) is 55.5 Å². The van der Waals surface area contributed by atoms with Gasteiger partial charge in [0.2, 0.25) is 5.91 Å². The molecule has 34 heavy (non-hydrogen) atoms. The van der Waals surface area contributed by atoms with E-state index in [2.05, 4.69) is 20.6 Å². The van der Waals surface area contributed by atoms with Crippen LogP contribution in [0.2, 0.25) is 0 Å². The lowest BCUT2D eigenvalue weighted by Gasteiger charge is -2.36. The number of aromatic nitrogens is 4. The number of nitrogens with zero attached hydrogens (tertiary/aromatic N) is 5. The Morgan fingerprint density at radius 1 is 1.00 bits per heavy atom. The van der Waals surface area contributed by atoms with Crippen LogP contribution in [0.5, 0.6) is 0 Å². The fourth-order valence-electron chi connectivity index (χ4n) is 5.07. The average molecular weight is 476 g/mol. The minimum Gasteiger partial charge on any atom is -0.355 e. The lowest BCUT2D eigenvalue weighted by atomic mass is 9.86. The molecule has 2 fully saturated rings. The van der Waals surface area contributed by atoms with Crippen LogP contribution in [-0.4, -0.2) is 38.8 Å². The maximum atomic E-state index is 13.4. The van der Waals surface area contributed by atoms with Gasteiger partial charge >= 0.3 is 6.18 Å². The van der Waals surface area contributed by atoms with Gasteiger partial charge in [-0.1, -0.05) is 25.0 Å². The Balaban J connectivity index is 1.27. The zero-order valence-corrected chi connectivity index (χ0v) is 18.4. The first-order valence-electron chi connectivity index (χ1n) is 11.4. The third kappa shape index (κ3) is 4.19. The van der Waals surface area contributed by atoms with Gasteiger partial charge in [-0.3, -0.25) is 4.79 Å². The Hall–Kier alpha value is -3.24. The molecule has 0 bridgehead atoms. The standard InChI is InChI=1S/C23H24F4N6O/c24-17-5-3-16(4-6-17)22(11-1-2-12-22)28-20(34)15-9-13-32(14-10-15)19-8-7-18-29-30-21(23(25,26)27)33(18)31-19/h3-8,15H,1-2,9-14H2,(H,28,34). The average Bonchev–Trinajstić information content (AvgIpc) is 3.47. The number of benzene rings is 1. The third-order valence-corrected chi connectivity index (χ3v) is 6.91. The number of carbonyl (C=O) groups is 1. The van der Waals surface area contributed by atoms with Crippen LogP contribution in [0, 0.1) is 11.7 Å². The van der Waals surface area contributed by atoms with Crippen molar-refractivity contribution in [1.82, 2.24) is 25.1 Å². The summed E-state index contributed by atoms with van der Waals surface area (Å²) in [5, 5.41) is 14.1. The number of hydrogen-bond donors (Lipinski definition) is 1. The molecule has 11 heteroatoms. The lowest BCUT2D eigenvalue weighted by molar-refractivity contribution is -0.146. The van der Waals surface area contributed by atoms with Crippen molar-refractivity contribution in [1.29, 1.82) is 0 Å². The second-order valence-electron chi connectivity index (χ2n) is 9.03. The monoisotopic (exact) mass is 476 g/mol. The largest absolute Gasteiger partial charge is 0.453 e. The SMILES string of the molecule is O=C(NC1(c2ccc(F)cc2)CCCC1)C1CCN(c2ccc3nnc(C(F)(F)F)n3n2)CC1. The molecular formula is C23H24F4N6O. The van der Waals surface area contributed by atoms with Crippen LogP contribution in [0.15, 0.2) is 36.4 Å². The first-order valence-corrected chi connectivity index (χ1v) is 11.4. The van der Waals surface area contributed by atoms with E-state index in [0.717, 1.165) is 31.2 Å². The van der Waals surface area contributed by atoms with E-state index >= 15 is 0 Å². The van der Waals surface area contributed by atoms with Crippen molar-refractivity contribution in [3.63, 3.8) is 0 Å². The molecule has 5 rings (SSSR count). The van der Waals surface area contributed by atoms with E-state index in [1.54, 1.807) is 18.2 Å². The van der Waals surface area contributed by atoms with Gasteiger partial charge in [0, 0.05) is 19.0 Å². The van der Waals surface area contributed by atoms with Gasteiger partial charge in [0.05, 0.1) is 5.54 Å². The van der Waals surface area contributed by atoms with E-state index in [0.29, 0.717) is 36.3 Å². The molecule has 180 valence electrons.